The third-order valence-corrected chi connectivity index (χ3v) is 3.52. The molecule has 0 bridgehead atoms. The van der Waals surface area contributed by atoms with Crippen molar-refractivity contribution >= 4 is 22.8 Å². The van der Waals surface area contributed by atoms with Crippen LogP contribution in [0.1, 0.15) is 26.5 Å². The number of azo groups is 1. The second kappa shape index (κ2) is 5.84. The van der Waals surface area contributed by atoms with Crippen LogP contribution >= 0.6 is 0 Å². The normalized spacial score (nSPS) is 12.1. The molecular weight excluding hydrogens is 306 g/mol. The van der Waals surface area contributed by atoms with Crippen LogP contribution in [0.15, 0.2) is 58.9 Å². The van der Waals surface area contributed by atoms with E-state index < -0.39 is 4.92 Å². The van der Waals surface area contributed by atoms with Gasteiger partial charge in [0.15, 0.2) is 5.82 Å². The second-order valence-electron chi connectivity index (χ2n) is 6.44. The van der Waals surface area contributed by atoms with Gasteiger partial charge < -0.3 is 0 Å². The van der Waals surface area contributed by atoms with Crippen LogP contribution in [0, 0.1) is 10.1 Å². The van der Waals surface area contributed by atoms with E-state index in [0.717, 1.165) is 11.3 Å². The Kier molecular flexibility index (Phi) is 3.84. The van der Waals surface area contributed by atoms with Crippen LogP contribution in [0.2, 0.25) is 0 Å². The topological polar surface area (TPSA) is 85.2 Å². The van der Waals surface area contributed by atoms with Crippen LogP contribution in [-0.2, 0) is 5.41 Å². The minimum atomic E-state index is -0.451. The monoisotopic (exact) mass is 323 g/mol. The van der Waals surface area contributed by atoms with E-state index >= 15 is 0 Å². The minimum absolute atomic E-state index is 0.0133. The van der Waals surface area contributed by atoms with Crippen LogP contribution in [0.5, 0.6) is 0 Å². The van der Waals surface area contributed by atoms with Crippen molar-refractivity contribution in [1.82, 2.24) is 9.38 Å². The molecule has 3 rings (SSSR count). The molecular formula is C17H17N5O2. The van der Waals surface area contributed by atoms with Crippen LogP contribution in [0.3, 0.4) is 0 Å². The Labute approximate surface area is 138 Å². The minimum Gasteiger partial charge on any atom is -0.283 e. The van der Waals surface area contributed by atoms with Crippen molar-refractivity contribution in [3.05, 3.63) is 64.5 Å². The van der Waals surface area contributed by atoms with E-state index in [2.05, 4.69) is 36.0 Å². The smallest absolute Gasteiger partial charge is 0.271 e. The molecule has 7 nitrogen and oxygen atoms in total. The van der Waals surface area contributed by atoms with E-state index in [4.69, 9.17) is 0 Å². The van der Waals surface area contributed by atoms with Gasteiger partial charge in [-0.25, -0.2) is 4.98 Å². The predicted molar refractivity (Wildman–Crippen MR) is 91.2 cm³/mol. The Balaban J connectivity index is 2.09. The first-order valence-electron chi connectivity index (χ1n) is 7.50. The average molecular weight is 323 g/mol. The number of benzene rings is 1. The molecule has 0 atom stereocenters. The fraction of sp³-hybridized carbons (Fsp3) is 0.235. The fourth-order valence-corrected chi connectivity index (χ4v) is 2.36. The lowest BCUT2D eigenvalue weighted by atomic mass is 9.92. The number of rotatable bonds is 3. The highest BCUT2D eigenvalue weighted by atomic mass is 16.6. The van der Waals surface area contributed by atoms with Gasteiger partial charge in [-0.05, 0) is 18.2 Å². The summed E-state index contributed by atoms with van der Waals surface area (Å²) in [4.78, 5) is 15.1. The molecule has 24 heavy (non-hydrogen) atoms. The largest absolute Gasteiger partial charge is 0.283 e. The van der Waals surface area contributed by atoms with Crippen LogP contribution in [0.25, 0.3) is 5.65 Å². The third-order valence-electron chi connectivity index (χ3n) is 3.52. The third kappa shape index (κ3) is 3.01. The molecule has 0 saturated carbocycles. The number of nitrogens with zero attached hydrogens (tertiary/aromatic N) is 5. The molecule has 7 heteroatoms. The predicted octanol–water partition coefficient (Wildman–Crippen LogP) is 4.96. The van der Waals surface area contributed by atoms with E-state index in [-0.39, 0.29) is 11.1 Å². The standard InChI is InChI=1S/C17H17N5O2/c1-17(2,3)15-16(21-10-5-4-9-14(21)18-15)20-19-12-7-6-8-13(11-12)22(23)24/h4-11H,1-3H3. The van der Waals surface area contributed by atoms with Crippen molar-refractivity contribution in [3.63, 3.8) is 0 Å². The van der Waals surface area contributed by atoms with Gasteiger partial charge in [-0.2, -0.15) is 0 Å². The first kappa shape index (κ1) is 15.8. The van der Waals surface area contributed by atoms with E-state index in [9.17, 15) is 10.1 Å². The molecule has 2 heterocycles. The Morgan fingerprint density at radius 3 is 2.62 bits per heavy atom. The summed E-state index contributed by atoms with van der Waals surface area (Å²) in [5, 5.41) is 19.4. The lowest BCUT2D eigenvalue weighted by Gasteiger charge is -2.15. The van der Waals surface area contributed by atoms with Gasteiger partial charge in [-0.3, -0.25) is 14.5 Å². The second-order valence-corrected chi connectivity index (χ2v) is 6.44. The number of hydrogen-bond donors (Lipinski definition) is 0. The zero-order valence-corrected chi connectivity index (χ0v) is 13.7. The van der Waals surface area contributed by atoms with Gasteiger partial charge >= 0.3 is 0 Å². The van der Waals surface area contributed by atoms with Crippen molar-refractivity contribution in [1.29, 1.82) is 0 Å². The first-order chi connectivity index (χ1) is 11.4. The molecule has 122 valence electrons. The quantitative estimate of drug-likeness (QED) is 0.388. The Morgan fingerprint density at radius 2 is 1.92 bits per heavy atom. The van der Waals surface area contributed by atoms with Crippen molar-refractivity contribution in [2.75, 3.05) is 0 Å². The Hall–Kier alpha value is -3.09. The maximum Gasteiger partial charge on any atom is 0.271 e. The Morgan fingerprint density at radius 1 is 1.12 bits per heavy atom. The molecule has 2 aromatic heterocycles. The van der Waals surface area contributed by atoms with E-state index in [1.165, 1.54) is 12.1 Å². The molecule has 0 radical (unpaired) electrons. The lowest BCUT2D eigenvalue weighted by molar-refractivity contribution is -0.384. The number of imidazole rings is 1. The van der Waals surface area contributed by atoms with E-state index in [1.807, 2.05) is 28.8 Å². The number of hydrogen-bond acceptors (Lipinski definition) is 5. The van der Waals surface area contributed by atoms with Crippen molar-refractivity contribution in [2.45, 2.75) is 26.2 Å². The van der Waals surface area contributed by atoms with Crippen LogP contribution in [0.4, 0.5) is 17.2 Å². The van der Waals surface area contributed by atoms with Gasteiger partial charge in [-0.15, -0.1) is 10.2 Å². The fourth-order valence-electron chi connectivity index (χ4n) is 2.36. The van der Waals surface area contributed by atoms with Gasteiger partial charge in [0.2, 0.25) is 0 Å². The lowest BCUT2D eigenvalue weighted by Crippen LogP contribution is -2.11. The summed E-state index contributed by atoms with van der Waals surface area (Å²) in [5.74, 6) is 0.629. The van der Waals surface area contributed by atoms with E-state index in [1.54, 1.807) is 12.1 Å². The summed E-state index contributed by atoms with van der Waals surface area (Å²) in [6.45, 7) is 6.17. The maximum atomic E-state index is 10.9. The number of nitro groups is 1. The SMILES string of the molecule is CC(C)(C)c1nc2ccccn2c1N=Nc1cccc([N+](=O)[O-])c1. The van der Waals surface area contributed by atoms with Gasteiger partial charge in [0.05, 0.1) is 16.3 Å². The summed E-state index contributed by atoms with van der Waals surface area (Å²) in [6.07, 6.45) is 1.87. The molecule has 0 unspecified atom stereocenters. The van der Waals surface area contributed by atoms with Gasteiger partial charge in [0, 0.05) is 23.7 Å². The molecule has 0 fully saturated rings. The molecule has 0 saturated heterocycles. The zero-order chi connectivity index (χ0) is 17.3. The number of nitro benzene ring substituents is 1. The molecule has 0 aliphatic rings. The molecule has 0 aliphatic carbocycles. The zero-order valence-electron chi connectivity index (χ0n) is 13.7. The summed E-state index contributed by atoms with van der Waals surface area (Å²) >= 11 is 0. The van der Waals surface area contributed by atoms with Crippen LogP contribution in [-0.4, -0.2) is 14.3 Å². The molecule has 0 N–H and O–H groups in total. The first-order valence-corrected chi connectivity index (χ1v) is 7.50. The van der Waals surface area contributed by atoms with Crippen molar-refractivity contribution in [3.8, 4) is 0 Å². The summed E-state index contributed by atoms with van der Waals surface area (Å²) < 4.78 is 1.86. The average Bonchev–Trinajstić information content (AvgIpc) is 2.92. The molecule has 0 aliphatic heterocycles. The maximum absolute atomic E-state index is 10.9. The number of aromatic nitrogens is 2. The highest BCUT2D eigenvalue weighted by Gasteiger charge is 2.24. The number of pyridine rings is 1. The highest BCUT2D eigenvalue weighted by molar-refractivity contribution is 5.54. The molecule has 3 aromatic rings. The van der Waals surface area contributed by atoms with Gasteiger partial charge in [-0.1, -0.05) is 32.9 Å². The summed E-state index contributed by atoms with van der Waals surface area (Å²) in [6, 6.07) is 11.8. The number of non-ortho nitro benzene ring substituents is 1. The van der Waals surface area contributed by atoms with Crippen molar-refractivity contribution in [2.24, 2.45) is 10.2 Å². The Bertz CT molecular complexity index is 938. The van der Waals surface area contributed by atoms with E-state index in [0.29, 0.717) is 11.5 Å². The van der Waals surface area contributed by atoms with Gasteiger partial charge in [0.1, 0.15) is 5.65 Å². The molecule has 1 aromatic carbocycles. The van der Waals surface area contributed by atoms with Gasteiger partial charge in [0.25, 0.3) is 5.69 Å². The highest BCUT2D eigenvalue weighted by Crippen LogP contribution is 2.33. The van der Waals surface area contributed by atoms with Crippen molar-refractivity contribution < 1.29 is 4.92 Å². The van der Waals surface area contributed by atoms with Crippen LogP contribution < -0.4 is 0 Å². The molecule has 0 amide bonds. The summed E-state index contributed by atoms with van der Waals surface area (Å²) in [5.41, 5.74) is 1.82. The molecule has 0 spiro atoms. The number of fused-ring (bicyclic) bond motifs is 1. The summed E-state index contributed by atoms with van der Waals surface area (Å²) in [7, 11) is 0.